The molecule has 0 unspecified atom stereocenters. The van der Waals surface area contributed by atoms with Crippen molar-refractivity contribution < 1.29 is 18.3 Å². The number of fused-ring (bicyclic) bond motifs is 1. The Labute approximate surface area is 191 Å². The molecule has 1 saturated heterocycles. The number of alkyl halides is 2. The smallest absolute Gasteiger partial charge is 0.254 e. The van der Waals surface area contributed by atoms with Gasteiger partial charge in [0.1, 0.15) is 5.82 Å². The van der Waals surface area contributed by atoms with Crippen LogP contribution in [0.2, 0.25) is 0 Å². The van der Waals surface area contributed by atoms with E-state index >= 15 is 0 Å². The van der Waals surface area contributed by atoms with Crippen LogP contribution in [-0.2, 0) is 11.3 Å². The summed E-state index contributed by atoms with van der Waals surface area (Å²) in [7, 11) is 0. The second-order valence-electron chi connectivity index (χ2n) is 9.21. The van der Waals surface area contributed by atoms with E-state index in [1.54, 1.807) is 6.20 Å². The summed E-state index contributed by atoms with van der Waals surface area (Å²) in [5.41, 5.74) is 4.48. The van der Waals surface area contributed by atoms with Gasteiger partial charge in [-0.2, -0.15) is 0 Å². The van der Waals surface area contributed by atoms with Gasteiger partial charge in [-0.15, -0.1) is 0 Å². The van der Waals surface area contributed by atoms with Crippen LogP contribution in [0, 0.1) is 19.8 Å². The SMILES string of the molecule is Cc1cc(C(=O)N2CCOCC2)cc(C)c1Nc1nccc2c1ccn2CC1CC(F)(F)C1. The highest BCUT2D eigenvalue weighted by Gasteiger charge is 2.45. The molecule has 2 aliphatic rings. The van der Waals surface area contributed by atoms with Crippen molar-refractivity contribution in [3.8, 4) is 0 Å². The molecule has 1 N–H and O–H groups in total. The molecule has 3 heterocycles. The summed E-state index contributed by atoms with van der Waals surface area (Å²) in [6.45, 7) is 6.90. The Balaban J connectivity index is 1.37. The summed E-state index contributed by atoms with van der Waals surface area (Å²) < 4.78 is 33.9. The lowest BCUT2D eigenvalue weighted by molar-refractivity contribution is -0.113. The average Bonchev–Trinajstić information content (AvgIpc) is 3.18. The Bertz CT molecular complexity index is 1170. The van der Waals surface area contributed by atoms with E-state index in [0.717, 1.165) is 27.7 Å². The van der Waals surface area contributed by atoms with E-state index in [2.05, 4.69) is 10.3 Å². The van der Waals surface area contributed by atoms with Crippen molar-refractivity contribution in [1.29, 1.82) is 0 Å². The van der Waals surface area contributed by atoms with Gasteiger partial charge in [0.25, 0.3) is 5.91 Å². The van der Waals surface area contributed by atoms with E-state index in [-0.39, 0.29) is 24.7 Å². The molecule has 3 aromatic rings. The van der Waals surface area contributed by atoms with Crippen LogP contribution in [-0.4, -0.2) is 52.6 Å². The van der Waals surface area contributed by atoms with Gasteiger partial charge in [-0.3, -0.25) is 4.79 Å². The number of aromatic nitrogens is 2. The monoisotopic (exact) mass is 454 g/mol. The number of hydrogen-bond donors (Lipinski definition) is 1. The minimum Gasteiger partial charge on any atom is -0.378 e. The number of anilines is 2. The van der Waals surface area contributed by atoms with Crippen LogP contribution in [0.1, 0.15) is 34.3 Å². The van der Waals surface area contributed by atoms with Crippen LogP contribution in [0.5, 0.6) is 0 Å². The number of aryl methyl sites for hydroxylation is 2. The van der Waals surface area contributed by atoms with Gasteiger partial charge < -0.3 is 19.5 Å². The van der Waals surface area contributed by atoms with E-state index in [0.29, 0.717) is 44.2 Å². The molecular formula is C25H28F2N4O2. The zero-order chi connectivity index (χ0) is 23.2. The molecule has 0 radical (unpaired) electrons. The highest BCUT2D eigenvalue weighted by atomic mass is 19.3. The zero-order valence-corrected chi connectivity index (χ0v) is 18.9. The molecule has 0 spiro atoms. The Morgan fingerprint density at radius 2 is 1.88 bits per heavy atom. The maximum absolute atomic E-state index is 13.2. The van der Waals surface area contributed by atoms with Crippen molar-refractivity contribution in [2.75, 3.05) is 31.6 Å². The number of ether oxygens (including phenoxy) is 1. The Morgan fingerprint density at radius 1 is 1.18 bits per heavy atom. The number of carbonyl (C=O) groups is 1. The van der Waals surface area contributed by atoms with Gasteiger partial charge in [-0.1, -0.05) is 0 Å². The summed E-state index contributed by atoms with van der Waals surface area (Å²) >= 11 is 0. The molecular weight excluding hydrogens is 426 g/mol. The van der Waals surface area contributed by atoms with E-state index in [4.69, 9.17) is 4.74 Å². The molecule has 1 aliphatic carbocycles. The fourth-order valence-electron chi connectivity index (χ4n) is 4.93. The first-order valence-corrected chi connectivity index (χ1v) is 11.4. The van der Waals surface area contributed by atoms with Crippen LogP contribution in [0.3, 0.4) is 0 Å². The van der Waals surface area contributed by atoms with E-state index < -0.39 is 5.92 Å². The van der Waals surface area contributed by atoms with Gasteiger partial charge in [-0.05, 0) is 55.2 Å². The number of rotatable bonds is 5. The number of halogens is 2. The summed E-state index contributed by atoms with van der Waals surface area (Å²) in [5, 5.41) is 4.39. The van der Waals surface area contributed by atoms with E-state index in [1.165, 1.54) is 0 Å². The molecule has 1 aliphatic heterocycles. The van der Waals surface area contributed by atoms with Crippen LogP contribution in [0.4, 0.5) is 20.3 Å². The lowest BCUT2D eigenvalue weighted by Crippen LogP contribution is -2.40. The molecule has 0 bridgehead atoms. The lowest BCUT2D eigenvalue weighted by Gasteiger charge is -2.35. The van der Waals surface area contributed by atoms with Crippen LogP contribution < -0.4 is 5.32 Å². The summed E-state index contributed by atoms with van der Waals surface area (Å²) in [4.78, 5) is 19.3. The van der Waals surface area contributed by atoms with Gasteiger partial charge in [0.2, 0.25) is 5.92 Å². The molecule has 174 valence electrons. The number of benzene rings is 1. The third-order valence-electron chi connectivity index (χ3n) is 6.65. The first-order valence-electron chi connectivity index (χ1n) is 11.4. The maximum atomic E-state index is 13.2. The highest BCUT2D eigenvalue weighted by molar-refractivity contribution is 5.96. The number of amides is 1. The third kappa shape index (κ3) is 4.31. The van der Waals surface area contributed by atoms with Crippen molar-refractivity contribution in [2.45, 2.75) is 39.2 Å². The van der Waals surface area contributed by atoms with Gasteiger partial charge in [-0.25, -0.2) is 13.8 Å². The fourth-order valence-corrected chi connectivity index (χ4v) is 4.93. The second kappa shape index (κ2) is 8.41. The first-order chi connectivity index (χ1) is 15.8. The predicted octanol–water partition coefficient (Wildman–Crippen LogP) is 4.91. The molecule has 5 rings (SSSR count). The standard InChI is InChI=1S/C25H28F2N4O2/c1-16-11-19(24(32)30-7-9-33-10-8-30)12-17(2)22(16)29-23-20-4-6-31(21(20)3-5-28-23)15-18-13-25(26,27)14-18/h3-6,11-12,18H,7-10,13-15H2,1-2H3,(H,28,29). The largest absolute Gasteiger partial charge is 0.378 e. The molecule has 33 heavy (non-hydrogen) atoms. The van der Waals surface area contributed by atoms with Crippen molar-refractivity contribution in [3.05, 3.63) is 53.3 Å². The number of hydrogen-bond acceptors (Lipinski definition) is 4. The third-order valence-corrected chi connectivity index (χ3v) is 6.65. The molecule has 6 nitrogen and oxygen atoms in total. The van der Waals surface area contributed by atoms with Crippen LogP contribution >= 0.6 is 0 Å². The summed E-state index contributed by atoms with van der Waals surface area (Å²) in [5.74, 6) is -1.77. The normalized spacial score (nSPS) is 18.4. The topological polar surface area (TPSA) is 59.4 Å². The van der Waals surface area contributed by atoms with Gasteiger partial charge in [0, 0.05) is 61.5 Å². The maximum Gasteiger partial charge on any atom is 0.254 e. The molecule has 2 aromatic heterocycles. The number of carbonyl (C=O) groups excluding carboxylic acids is 1. The van der Waals surface area contributed by atoms with Gasteiger partial charge in [0.05, 0.1) is 18.7 Å². The van der Waals surface area contributed by atoms with Crippen molar-refractivity contribution >= 4 is 28.3 Å². The number of pyridine rings is 1. The predicted molar refractivity (Wildman–Crippen MR) is 123 cm³/mol. The van der Waals surface area contributed by atoms with E-state index in [1.807, 2.05) is 53.8 Å². The zero-order valence-electron chi connectivity index (χ0n) is 18.9. The van der Waals surface area contributed by atoms with Gasteiger partial charge >= 0.3 is 0 Å². The van der Waals surface area contributed by atoms with Crippen molar-refractivity contribution in [3.63, 3.8) is 0 Å². The summed E-state index contributed by atoms with van der Waals surface area (Å²) in [6.07, 6.45) is 3.59. The minimum atomic E-state index is -2.51. The molecule has 8 heteroatoms. The van der Waals surface area contributed by atoms with Crippen LogP contribution in [0.15, 0.2) is 36.7 Å². The Kier molecular flexibility index (Phi) is 5.56. The van der Waals surface area contributed by atoms with Crippen LogP contribution in [0.25, 0.3) is 10.9 Å². The minimum absolute atomic E-state index is 0.00112. The average molecular weight is 455 g/mol. The second-order valence-corrected chi connectivity index (χ2v) is 9.21. The van der Waals surface area contributed by atoms with Crippen molar-refractivity contribution in [1.82, 2.24) is 14.5 Å². The number of nitrogens with one attached hydrogen (secondary N) is 1. The fraction of sp³-hybridized carbons (Fsp3) is 0.440. The number of morpholine rings is 1. The highest BCUT2D eigenvalue weighted by Crippen LogP contribution is 2.43. The first kappa shape index (κ1) is 21.8. The molecule has 2 fully saturated rings. The van der Waals surface area contributed by atoms with Gasteiger partial charge in [0.15, 0.2) is 0 Å². The molecule has 1 saturated carbocycles. The van der Waals surface area contributed by atoms with Crippen molar-refractivity contribution in [2.24, 2.45) is 5.92 Å². The Morgan fingerprint density at radius 3 is 2.55 bits per heavy atom. The number of nitrogens with zero attached hydrogens (tertiary/aromatic N) is 3. The Hall–Kier alpha value is -3.00. The molecule has 1 amide bonds. The van der Waals surface area contributed by atoms with E-state index in [9.17, 15) is 13.6 Å². The lowest BCUT2D eigenvalue weighted by atomic mass is 9.81. The quantitative estimate of drug-likeness (QED) is 0.595. The summed E-state index contributed by atoms with van der Waals surface area (Å²) in [6, 6.07) is 7.72. The molecule has 1 aromatic carbocycles. The molecule has 0 atom stereocenters.